The fraction of sp³-hybridized carbons (Fsp3) is 0.500. The summed E-state index contributed by atoms with van der Waals surface area (Å²) >= 11 is 0. The Labute approximate surface area is 90.3 Å². The van der Waals surface area contributed by atoms with Gasteiger partial charge in [0.1, 0.15) is 5.76 Å². The van der Waals surface area contributed by atoms with Gasteiger partial charge >= 0.3 is 0 Å². The van der Waals surface area contributed by atoms with E-state index < -0.39 is 0 Å². The van der Waals surface area contributed by atoms with Gasteiger partial charge < -0.3 is 14.1 Å². The molecule has 0 atom stereocenters. The van der Waals surface area contributed by atoms with Crippen LogP contribution in [0.1, 0.15) is 19.6 Å². The highest BCUT2D eigenvalue weighted by Crippen LogP contribution is 2.21. The maximum absolute atomic E-state index is 5.73. The minimum absolute atomic E-state index is 0.790. The number of hydrogen-bond acceptors (Lipinski definition) is 3. The molecule has 82 valence electrons. The highest BCUT2D eigenvalue weighted by atomic mass is 16.5. The van der Waals surface area contributed by atoms with Gasteiger partial charge in [-0.2, -0.15) is 0 Å². The molecule has 2 rings (SSSR count). The van der Waals surface area contributed by atoms with Gasteiger partial charge in [0.05, 0.1) is 13.2 Å². The molecule has 0 aromatic carbocycles. The summed E-state index contributed by atoms with van der Waals surface area (Å²) in [6, 6.07) is 4.04. The molecule has 1 saturated heterocycles. The predicted octanol–water partition coefficient (Wildman–Crippen LogP) is 2.54. The Balaban J connectivity index is 2.08. The third kappa shape index (κ3) is 2.63. The molecule has 0 bridgehead atoms. The quantitative estimate of drug-likeness (QED) is 0.745. The molecule has 0 aliphatic carbocycles. The molecule has 0 N–H and O–H groups in total. The van der Waals surface area contributed by atoms with Crippen LogP contribution >= 0.6 is 0 Å². The van der Waals surface area contributed by atoms with E-state index in [1.807, 2.05) is 18.2 Å². The Morgan fingerprint density at radius 3 is 2.67 bits per heavy atom. The third-order valence-corrected chi connectivity index (χ3v) is 2.37. The van der Waals surface area contributed by atoms with E-state index in [-0.39, 0.29) is 0 Å². The lowest BCUT2D eigenvalue weighted by molar-refractivity contribution is 0.120. The molecule has 1 aliphatic heterocycles. The molecule has 1 aromatic heterocycles. The smallest absolute Gasteiger partial charge is 0.196 e. The lowest BCUT2D eigenvalue weighted by Crippen LogP contribution is -2.35. The molecule has 0 amide bonds. The first-order valence-corrected chi connectivity index (χ1v) is 5.33. The average Bonchev–Trinajstić information content (AvgIpc) is 2.67. The second-order valence-corrected chi connectivity index (χ2v) is 4.00. The van der Waals surface area contributed by atoms with Crippen LogP contribution in [0.4, 0.5) is 5.88 Å². The fourth-order valence-corrected chi connectivity index (χ4v) is 1.66. The summed E-state index contributed by atoms with van der Waals surface area (Å²) in [5.41, 5.74) is 1.25. The number of hydrogen-bond donors (Lipinski definition) is 0. The van der Waals surface area contributed by atoms with E-state index in [0.717, 1.165) is 37.9 Å². The Kier molecular flexibility index (Phi) is 3.11. The fourth-order valence-electron chi connectivity index (χ4n) is 1.66. The van der Waals surface area contributed by atoms with Crippen molar-refractivity contribution in [2.45, 2.75) is 13.8 Å². The van der Waals surface area contributed by atoms with Gasteiger partial charge in [-0.25, -0.2) is 0 Å². The van der Waals surface area contributed by atoms with Gasteiger partial charge in [-0.1, -0.05) is 5.57 Å². The summed E-state index contributed by atoms with van der Waals surface area (Å²) in [5, 5.41) is 0. The number of morpholine rings is 1. The van der Waals surface area contributed by atoms with Crippen molar-refractivity contribution in [1.29, 1.82) is 0 Å². The van der Waals surface area contributed by atoms with Crippen LogP contribution in [-0.2, 0) is 4.74 Å². The largest absolute Gasteiger partial charge is 0.441 e. The number of furan rings is 1. The van der Waals surface area contributed by atoms with E-state index in [1.54, 1.807) is 0 Å². The minimum atomic E-state index is 0.790. The summed E-state index contributed by atoms with van der Waals surface area (Å²) in [6.45, 7) is 7.55. The first-order valence-electron chi connectivity index (χ1n) is 5.33. The van der Waals surface area contributed by atoms with Crippen molar-refractivity contribution in [1.82, 2.24) is 0 Å². The normalized spacial score (nSPS) is 16.5. The first kappa shape index (κ1) is 10.3. The molecular formula is C12H17NO2. The van der Waals surface area contributed by atoms with Crippen LogP contribution in [0.3, 0.4) is 0 Å². The molecule has 0 radical (unpaired) electrons. The number of rotatable bonds is 2. The van der Waals surface area contributed by atoms with Crippen molar-refractivity contribution in [3.63, 3.8) is 0 Å². The zero-order chi connectivity index (χ0) is 10.7. The van der Waals surface area contributed by atoms with Crippen LogP contribution in [0.2, 0.25) is 0 Å². The van der Waals surface area contributed by atoms with E-state index in [2.05, 4.69) is 18.7 Å². The second-order valence-electron chi connectivity index (χ2n) is 4.00. The van der Waals surface area contributed by atoms with E-state index >= 15 is 0 Å². The summed E-state index contributed by atoms with van der Waals surface area (Å²) in [6.07, 6.45) is 2.05. The summed E-state index contributed by atoms with van der Waals surface area (Å²) in [5.74, 6) is 1.88. The third-order valence-electron chi connectivity index (χ3n) is 2.37. The molecule has 0 unspecified atom stereocenters. The molecule has 1 aliphatic rings. The molecule has 1 fully saturated rings. The molecule has 0 spiro atoms. The van der Waals surface area contributed by atoms with Crippen molar-refractivity contribution in [2.24, 2.45) is 0 Å². The number of anilines is 1. The molecule has 3 heteroatoms. The Bertz CT molecular complexity index is 344. The topological polar surface area (TPSA) is 25.6 Å². The van der Waals surface area contributed by atoms with Crippen molar-refractivity contribution in [3.05, 3.63) is 23.5 Å². The van der Waals surface area contributed by atoms with Crippen molar-refractivity contribution < 1.29 is 9.15 Å². The van der Waals surface area contributed by atoms with Crippen molar-refractivity contribution >= 4 is 12.0 Å². The highest BCUT2D eigenvalue weighted by Gasteiger charge is 2.13. The van der Waals surface area contributed by atoms with Crippen molar-refractivity contribution in [2.75, 3.05) is 31.2 Å². The van der Waals surface area contributed by atoms with Gasteiger partial charge in [0.2, 0.25) is 0 Å². The first-order chi connectivity index (χ1) is 7.25. The van der Waals surface area contributed by atoms with Crippen LogP contribution in [0.5, 0.6) is 0 Å². The molecule has 2 heterocycles. The number of ether oxygens (including phenoxy) is 1. The lowest BCUT2D eigenvalue weighted by Gasteiger charge is -2.26. The maximum atomic E-state index is 5.73. The van der Waals surface area contributed by atoms with E-state index in [9.17, 15) is 0 Å². The average molecular weight is 207 g/mol. The molecule has 15 heavy (non-hydrogen) atoms. The Morgan fingerprint density at radius 1 is 1.27 bits per heavy atom. The van der Waals surface area contributed by atoms with Gasteiger partial charge in [0.15, 0.2) is 5.88 Å². The van der Waals surface area contributed by atoms with Crippen LogP contribution in [0.15, 0.2) is 22.1 Å². The van der Waals surface area contributed by atoms with Crippen LogP contribution in [-0.4, -0.2) is 26.3 Å². The zero-order valence-corrected chi connectivity index (χ0v) is 9.32. The van der Waals surface area contributed by atoms with Gasteiger partial charge in [-0.15, -0.1) is 0 Å². The predicted molar refractivity (Wildman–Crippen MR) is 61.1 cm³/mol. The Hall–Kier alpha value is -1.22. The van der Waals surface area contributed by atoms with Crippen molar-refractivity contribution in [3.8, 4) is 0 Å². The van der Waals surface area contributed by atoms with Gasteiger partial charge in [-0.05, 0) is 26.0 Å². The SMILES string of the molecule is CC(C)=Cc1ccc(N2CCOCC2)o1. The summed E-state index contributed by atoms with van der Waals surface area (Å²) < 4.78 is 11.0. The van der Waals surface area contributed by atoms with Crippen LogP contribution < -0.4 is 4.90 Å². The number of allylic oxidation sites excluding steroid dienone is 1. The van der Waals surface area contributed by atoms with E-state index in [1.165, 1.54) is 5.57 Å². The summed E-state index contributed by atoms with van der Waals surface area (Å²) in [7, 11) is 0. The van der Waals surface area contributed by atoms with Gasteiger partial charge in [-0.3, -0.25) is 0 Å². The van der Waals surface area contributed by atoms with Crippen LogP contribution in [0, 0.1) is 0 Å². The zero-order valence-electron chi connectivity index (χ0n) is 9.32. The second kappa shape index (κ2) is 4.53. The minimum Gasteiger partial charge on any atom is -0.441 e. The standard InChI is InChI=1S/C12H17NO2/c1-10(2)9-11-3-4-12(15-11)13-5-7-14-8-6-13/h3-4,9H,5-8H2,1-2H3. The van der Waals surface area contributed by atoms with Crippen LogP contribution in [0.25, 0.3) is 6.08 Å². The van der Waals surface area contributed by atoms with Gasteiger partial charge in [0.25, 0.3) is 0 Å². The Morgan fingerprint density at radius 2 is 2.00 bits per heavy atom. The van der Waals surface area contributed by atoms with Gasteiger partial charge in [0, 0.05) is 19.2 Å². The molecule has 0 saturated carbocycles. The summed E-state index contributed by atoms with van der Waals surface area (Å²) in [4.78, 5) is 2.21. The van der Waals surface area contributed by atoms with E-state index in [4.69, 9.17) is 9.15 Å². The van der Waals surface area contributed by atoms with E-state index in [0.29, 0.717) is 0 Å². The molecular weight excluding hydrogens is 190 g/mol. The highest BCUT2D eigenvalue weighted by molar-refractivity contribution is 5.50. The monoisotopic (exact) mass is 207 g/mol. The molecule has 1 aromatic rings. The number of nitrogens with zero attached hydrogens (tertiary/aromatic N) is 1. The molecule has 3 nitrogen and oxygen atoms in total. The maximum Gasteiger partial charge on any atom is 0.196 e. The lowest BCUT2D eigenvalue weighted by atomic mass is 10.3.